The molecule has 0 spiro atoms. The van der Waals surface area contributed by atoms with E-state index in [1.807, 2.05) is 9.44 Å². The normalized spacial score (nSPS) is 15.0. The van der Waals surface area contributed by atoms with E-state index in [4.69, 9.17) is 4.55 Å². The maximum absolute atomic E-state index is 13.3. The Kier molecular flexibility index (Phi) is 8.75. The van der Waals surface area contributed by atoms with Gasteiger partial charge in [0.1, 0.15) is 6.04 Å². The molecule has 1 heterocycles. The fraction of sp³-hybridized carbons (Fsp3) is 0.222. The Morgan fingerprint density at radius 3 is 2.34 bits per heavy atom. The van der Waals surface area contributed by atoms with Crippen molar-refractivity contribution in [3.05, 3.63) is 95.1 Å². The summed E-state index contributed by atoms with van der Waals surface area (Å²) in [6.45, 7) is 0.0210. The number of amides is 3. The Hall–Kier alpha value is -4.27. The van der Waals surface area contributed by atoms with Crippen LogP contribution in [0.25, 0.3) is 0 Å². The quantitative estimate of drug-likeness (QED) is 0.268. The first-order valence-corrected chi connectivity index (χ1v) is 15.4. The Bertz CT molecular complexity index is 1690. The largest absolute Gasteiger partial charge is 0.357 e. The van der Waals surface area contributed by atoms with Crippen LogP contribution in [0.3, 0.4) is 0 Å². The van der Waals surface area contributed by atoms with Crippen molar-refractivity contribution in [2.75, 3.05) is 11.8 Å². The van der Waals surface area contributed by atoms with Gasteiger partial charge in [0.25, 0.3) is 15.9 Å². The van der Waals surface area contributed by atoms with Crippen LogP contribution in [0.1, 0.15) is 33.5 Å². The summed E-state index contributed by atoms with van der Waals surface area (Å²) in [6.07, 6.45) is 0.302. The minimum atomic E-state index is -4.50. The van der Waals surface area contributed by atoms with Gasteiger partial charge in [-0.25, -0.2) is 13.1 Å². The number of nitrogens with one attached hydrogen (secondary N) is 3. The van der Waals surface area contributed by atoms with E-state index in [2.05, 4.69) is 5.32 Å². The van der Waals surface area contributed by atoms with Crippen molar-refractivity contribution in [2.45, 2.75) is 36.7 Å². The van der Waals surface area contributed by atoms with Crippen LogP contribution in [0.4, 0.5) is 5.69 Å². The number of sulfonamides is 1. The molecule has 41 heavy (non-hydrogen) atoms. The molecule has 1 aliphatic rings. The lowest BCUT2D eigenvalue weighted by Crippen LogP contribution is -2.52. The van der Waals surface area contributed by atoms with Crippen LogP contribution in [0, 0.1) is 0 Å². The predicted molar refractivity (Wildman–Crippen MR) is 150 cm³/mol. The van der Waals surface area contributed by atoms with Gasteiger partial charge < -0.3 is 10.2 Å². The Labute approximate surface area is 237 Å². The van der Waals surface area contributed by atoms with Crippen LogP contribution in [0.5, 0.6) is 0 Å². The molecule has 1 atom stereocenters. The predicted octanol–water partition coefficient (Wildman–Crippen LogP) is 1.65. The van der Waals surface area contributed by atoms with Crippen molar-refractivity contribution in [2.24, 2.45) is 0 Å². The van der Waals surface area contributed by atoms with Crippen molar-refractivity contribution < 1.29 is 35.8 Å². The lowest BCUT2D eigenvalue weighted by molar-refractivity contribution is -0.141. The number of aryl methyl sites for hydroxylation is 1. The Morgan fingerprint density at radius 1 is 0.927 bits per heavy atom. The number of fused-ring (bicyclic) bond motifs is 1. The van der Waals surface area contributed by atoms with Gasteiger partial charge in [0, 0.05) is 32.0 Å². The highest BCUT2D eigenvalue weighted by atomic mass is 32.2. The van der Waals surface area contributed by atoms with Gasteiger partial charge in [0.15, 0.2) is 0 Å². The summed E-state index contributed by atoms with van der Waals surface area (Å²) in [6, 6.07) is 17.6. The first kappa shape index (κ1) is 29.7. The van der Waals surface area contributed by atoms with Gasteiger partial charge in [0.2, 0.25) is 11.8 Å². The molecule has 0 aromatic heterocycles. The zero-order valence-electron chi connectivity index (χ0n) is 21.9. The van der Waals surface area contributed by atoms with Crippen LogP contribution < -0.4 is 14.8 Å². The van der Waals surface area contributed by atoms with E-state index in [9.17, 15) is 31.2 Å². The number of nitrogens with zero attached hydrogens (tertiary/aromatic N) is 1. The number of rotatable bonds is 9. The van der Waals surface area contributed by atoms with E-state index in [-0.39, 0.29) is 53.8 Å². The molecule has 0 bridgehead atoms. The Balaban J connectivity index is 1.48. The second-order valence-corrected chi connectivity index (χ2v) is 12.2. The van der Waals surface area contributed by atoms with Gasteiger partial charge in [-0.3, -0.25) is 23.7 Å². The van der Waals surface area contributed by atoms with Crippen LogP contribution in [-0.4, -0.2) is 57.1 Å². The summed E-state index contributed by atoms with van der Waals surface area (Å²) < 4.78 is 61.2. The third kappa shape index (κ3) is 7.48. The number of carbonyl (C=O) groups excluding carboxylic acids is 3. The molecule has 0 saturated carbocycles. The van der Waals surface area contributed by atoms with Crippen LogP contribution in [0.2, 0.25) is 0 Å². The number of anilines is 1. The third-order valence-electron chi connectivity index (χ3n) is 6.55. The van der Waals surface area contributed by atoms with E-state index in [0.29, 0.717) is 11.1 Å². The molecule has 0 radical (unpaired) electrons. The van der Waals surface area contributed by atoms with Gasteiger partial charge >= 0.3 is 10.3 Å². The maximum Gasteiger partial charge on any atom is 0.357 e. The highest BCUT2D eigenvalue weighted by Gasteiger charge is 2.34. The van der Waals surface area contributed by atoms with E-state index < -0.39 is 32.3 Å². The molecule has 0 fully saturated rings. The summed E-state index contributed by atoms with van der Waals surface area (Å²) in [5.74, 6) is -1.51. The van der Waals surface area contributed by atoms with Crippen molar-refractivity contribution in [3.63, 3.8) is 0 Å². The highest BCUT2D eigenvalue weighted by molar-refractivity contribution is 7.90. The molecule has 3 amide bonds. The van der Waals surface area contributed by atoms with Crippen molar-refractivity contribution in [1.82, 2.24) is 14.9 Å². The molecule has 14 heteroatoms. The number of likely N-dealkylation sites (N-methyl/N-ethyl adjacent to an activating group) is 1. The van der Waals surface area contributed by atoms with Crippen LogP contribution >= 0.6 is 0 Å². The fourth-order valence-corrected chi connectivity index (χ4v) is 6.02. The number of hydrogen-bond donors (Lipinski definition) is 4. The summed E-state index contributed by atoms with van der Waals surface area (Å²) in [7, 11) is -7.21. The molecular formula is C27H28N4O8S2. The molecular weight excluding hydrogens is 572 g/mol. The van der Waals surface area contributed by atoms with Gasteiger partial charge in [-0.15, -0.1) is 0 Å². The molecule has 4 rings (SSSR count). The average Bonchev–Trinajstić information content (AvgIpc) is 2.94. The molecule has 3 aromatic carbocycles. The zero-order chi connectivity index (χ0) is 29.8. The standard InChI is InChI=1S/C27H28N4O8S2/c1-28-27(34)24-16-20-11-12-22(29-41(37,38)39)15-21(20)17-31(24)25(32)13-10-18-6-5-9-23(14-18)40(35,36)30-26(33)19-7-3-2-4-8-19/h2-9,11-12,14-15,24,29H,10,13,16-17H2,1H3,(H,28,34)(H,30,33)(H,37,38,39). The molecule has 3 aromatic rings. The average molecular weight is 601 g/mol. The first-order chi connectivity index (χ1) is 19.4. The highest BCUT2D eigenvalue weighted by Crippen LogP contribution is 2.28. The smallest absolute Gasteiger partial charge is 0.357 e. The maximum atomic E-state index is 13.3. The van der Waals surface area contributed by atoms with Gasteiger partial charge in [-0.1, -0.05) is 36.4 Å². The van der Waals surface area contributed by atoms with Crippen molar-refractivity contribution >= 4 is 43.7 Å². The van der Waals surface area contributed by atoms with E-state index in [0.717, 1.165) is 5.56 Å². The topological polar surface area (TPSA) is 179 Å². The number of benzene rings is 3. The Morgan fingerprint density at radius 2 is 1.66 bits per heavy atom. The SMILES string of the molecule is CNC(=O)C1Cc2ccc(NS(=O)(=O)O)cc2CN1C(=O)CCc1cccc(S(=O)(=O)NC(=O)c2ccccc2)c1. The molecule has 1 aliphatic heterocycles. The minimum Gasteiger partial charge on any atom is -0.357 e. The summed E-state index contributed by atoms with van der Waals surface area (Å²) in [5.41, 5.74) is 2.18. The number of hydrogen-bond acceptors (Lipinski definition) is 7. The second kappa shape index (κ2) is 12.1. The van der Waals surface area contributed by atoms with E-state index in [1.165, 1.54) is 54.4 Å². The molecule has 12 nitrogen and oxygen atoms in total. The summed E-state index contributed by atoms with van der Waals surface area (Å²) in [4.78, 5) is 39.6. The van der Waals surface area contributed by atoms with Gasteiger partial charge in [-0.2, -0.15) is 8.42 Å². The first-order valence-electron chi connectivity index (χ1n) is 12.5. The third-order valence-corrected chi connectivity index (χ3v) is 8.37. The van der Waals surface area contributed by atoms with Crippen molar-refractivity contribution in [1.29, 1.82) is 0 Å². The summed E-state index contributed by atoms with van der Waals surface area (Å²) in [5, 5.41) is 2.56. The van der Waals surface area contributed by atoms with Crippen LogP contribution in [0.15, 0.2) is 77.7 Å². The van der Waals surface area contributed by atoms with Gasteiger partial charge in [-0.05, 0) is 59.5 Å². The fourth-order valence-electron chi connectivity index (χ4n) is 4.55. The monoisotopic (exact) mass is 600 g/mol. The van der Waals surface area contributed by atoms with Crippen molar-refractivity contribution in [3.8, 4) is 0 Å². The van der Waals surface area contributed by atoms with Gasteiger partial charge in [0.05, 0.1) is 10.6 Å². The molecule has 216 valence electrons. The van der Waals surface area contributed by atoms with E-state index in [1.54, 1.807) is 30.3 Å². The molecule has 0 saturated heterocycles. The zero-order valence-corrected chi connectivity index (χ0v) is 23.5. The number of carbonyl (C=O) groups is 3. The summed E-state index contributed by atoms with van der Waals surface area (Å²) >= 11 is 0. The molecule has 1 unspecified atom stereocenters. The lowest BCUT2D eigenvalue weighted by atomic mass is 9.92. The lowest BCUT2D eigenvalue weighted by Gasteiger charge is -2.36. The van der Waals surface area contributed by atoms with Crippen LogP contribution in [-0.2, 0) is 49.3 Å². The molecule has 4 N–H and O–H groups in total. The second-order valence-electron chi connectivity index (χ2n) is 9.36. The van der Waals surface area contributed by atoms with E-state index >= 15 is 0 Å². The molecule has 0 aliphatic carbocycles. The minimum absolute atomic E-state index is 0.0210.